The Balaban J connectivity index is 1.74. The summed E-state index contributed by atoms with van der Waals surface area (Å²) in [5.74, 6) is -0.662. The maximum atomic E-state index is 13.0. The zero-order valence-corrected chi connectivity index (χ0v) is 18.0. The monoisotopic (exact) mass is 423 g/mol. The molecule has 2 aliphatic rings. The van der Waals surface area contributed by atoms with Crippen molar-refractivity contribution in [1.29, 1.82) is 0 Å². The number of hydrogen-bond acceptors (Lipinski definition) is 6. The van der Waals surface area contributed by atoms with Gasteiger partial charge in [-0.05, 0) is 43.4 Å². The van der Waals surface area contributed by atoms with Crippen LogP contribution in [0, 0.1) is 11.8 Å². The molecule has 3 rings (SSSR count). The number of rotatable bonds is 7. The number of benzene rings is 1. The summed E-state index contributed by atoms with van der Waals surface area (Å²) in [5.41, 5.74) is 1.03. The first kappa shape index (κ1) is 21.6. The van der Waals surface area contributed by atoms with Crippen molar-refractivity contribution < 1.29 is 22.7 Å². The fourth-order valence-electron chi connectivity index (χ4n) is 3.50. The molecular formula is C20H29N3O5S. The second-order valence-corrected chi connectivity index (χ2v) is 9.95. The standard InChI is InChI=1S/C20H29N3O5S/c1-14-11-16(14)20(25)28-13-19(24)21-17-12-15(7-8-18(17)22(2)3)29(26,27)23-9-5-4-6-10-23/h7-8,12,14,16H,4-6,9-11,13H2,1-3H3,(H,21,24)/t14-,16+/m0/s1. The average molecular weight is 424 g/mol. The van der Waals surface area contributed by atoms with Gasteiger partial charge in [0, 0.05) is 27.2 Å². The fraction of sp³-hybridized carbons (Fsp3) is 0.600. The predicted molar refractivity (Wildman–Crippen MR) is 110 cm³/mol. The van der Waals surface area contributed by atoms with Crippen LogP contribution >= 0.6 is 0 Å². The first-order valence-electron chi connectivity index (χ1n) is 9.98. The lowest BCUT2D eigenvalue weighted by atomic mass is 10.2. The number of esters is 1. The number of nitrogens with zero attached hydrogens (tertiary/aromatic N) is 2. The third kappa shape index (κ3) is 5.08. The van der Waals surface area contributed by atoms with Crippen LogP contribution in [0.4, 0.5) is 11.4 Å². The zero-order valence-electron chi connectivity index (χ0n) is 17.2. The van der Waals surface area contributed by atoms with Gasteiger partial charge in [0.25, 0.3) is 5.91 Å². The van der Waals surface area contributed by atoms with E-state index in [1.807, 2.05) is 6.92 Å². The Hall–Kier alpha value is -2.13. The van der Waals surface area contributed by atoms with E-state index >= 15 is 0 Å². The Kier molecular flexibility index (Phi) is 6.48. The van der Waals surface area contributed by atoms with Gasteiger partial charge in [0.15, 0.2) is 6.61 Å². The normalized spacial score (nSPS) is 22.0. The van der Waals surface area contributed by atoms with E-state index in [4.69, 9.17) is 4.74 Å². The lowest BCUT2D eigenvalue weighted by Gasteiger charge is -2.26. The van der Waals surface area contributed by atoms with Gasteiger partial charge in [0.2, 0.25) is 10.0 Å². The van der Waals surface area contributed by atoms with Crippen molar-refractivity contribution in [2.75, 3.05) is 44.0 Å². The molecule has 1 aromatic rings. The van der Waals surface area contributed by atoms with Crippen LogP contribution < -0.4 is 10.2 Å². The van der Waals surface area contributed by atoms with Gasteiger partial charge in [0.05, 0.1) is 22.2 Å². The van der Waals surface area contributed by atoms with Crippen LogP contribution in [0.2, 0.25) is 0 Å². The number of hydrogen-bond donors (Lipinski definition) is 1. The Morgan fingerprint density at radius 1 is 1.21 bits per heavy atom. The first-order valence-corrected chi connectivity index (χ1v) is 11.4. The molecule has 2 fully saturated rings. The van der Waals surface area contributed by atoms with Crippen molar-refractivity contribution in [3.8, 4) is 0 Å². The zero-order chi connectivity index (χ0) is 21.2. The Morgan fingerprint density at radius 3 is 2.45 bits per heavy atom. The molecule has 8 nitrogen and oxygen atoms in total. The molecule has 1 saturated heterocycles. The molecule has 1 aliphatic carbocycles. The first-order chi connectivity index (χ1) is 13.7. The molecule has 0 bridgehead atoms. The van der Waals surface area contributed by atoms with Gasteiger partial charge in [0.1, 0.15) is 0 Å². The van der Waals surface area contributed by atoms with E-state index in [0.29, 0.717) is 30.4 Å². The molecule has 9 heteroatoms. The van der Waals surface area contributed by atoms with E-state index in [-0.39, 0.29) is 16.8 Å². The number of sulfonamides is 1. The van der Waals surface area contributed by atoms with Gasteiger partial charge in [-0.1, -0.05) is 13.3 Å². The molecule has 0 unspecified atom stereocenters. The highest BCUT2D eigenvalue weighted by Crippen LogP contribution is 2.38. The van der Waals surface area contributed by atoms with E-state index in [1.54, 1.807) is 31.1 Å². The molecule has 1 saturated carbocycles. The largest absolute Gasteiger partial charge is 0.455 e. The number of piperidine rings is 1. The quantitative estimate of drug-likeness (QED) is 0.675. The average Bonchev–Trinajstić information content (AvgIpc) is 3.43. The molecule has 160 valence electrons. The van der Waals surface area contributed by atoms with Crippen molar-refractivity contribution in [1.82, 2.24) is 4.31 Å². The summed E-state index contributed by atoms with van der Waals surface area (Å²) in [4.78, 5) is 26.1. The van der Waals surface area contributed by atoms with Crippen LogP contribution in [0.15, 0.2) is 23.1 Å². The highest BCUT2D eigenvalue weighted by molar-refractivity contribution is 7.89. The van der Waals surface area contributed by atoms with Crippen molar-refractivity contribution in [2.24, 2.45) is 11.8 Å². The van der Waals surface area contributed by atoms with Gasteiger partial charge in [-0.25, -0.2) is 8.42 Å². The number of nitrogens with one attached hydrogen (secondary N) is 1. The minimum atomic E-state index is -3.62. The smallest absolute Gasteiger partial charge is 0.309 e. The highest BCUT2D eigenvalue weighted by atomic mass is 32.2. The van der Waals surface area contributed by atoms with Crippen molar-refractivity contribution >= 4 is 33.3 Å². The van der Waals surface area contributed by atoms with Crippen molar-refractivity contribution in [3.63, 3.8) is 0 Å². The summed E-state index contributed by atoms with van der Waals surface area (Å²) < 4.78 is 32.5. The van der Waals surface area contributed by atoms with Gasteiger partial charge in [-0.2, -0.15) is 4.31 Å². The second kappa shape index (κ2) is 8.71. The van der Waals surface area contributed by atoms with Crippen LogP contribution in [0.3, 0.4) is 0 Å². The van der Waals surface area contributed by atoms with E-state index < -0.39 is 22.5 Å². The predicted octanol–water partition coefficient (Wildman–Crippen LogP) is 2.06. The number of anilines is 2. The molecule has 1 aromatic carbocycles. The third-order valence-electron chi connectivity index (χ3n) is 5.43. The van der Waals surface area contributed by atoms with Crippen LogP contribution in [-0.4, -0.2) is 58.4 Å². The van der Waals surface area contributed by atoms with Gasteiger partial charge in [-0.15, -0.1) is 0 Å². The molecule has 1 heterocycles. The number of carbonyl (C=O) groups excluding carboxylic acids is 2. The van der Waals surface area contributed by atoms with E-state index in [1.165, 1.54) is 10.4 Å². The Labute approximate surface area is 172 Å². The summed E-state index contributed by atoms with van der Waals surface area (Å²) >= 11 is 0. The summed E-state index contributed by atoms with van der Waals surface area (Å²) in [6.07, 6.45) is 3.53. The van der Waals surface area contributed by atoms with E-state index in [9.17, 15) is 18.0 Å². The maximum Gasteiger partial charge on any atom is 0.309 e. The molecule has 1 N–H and O–H groups in total. The van der Waals surface area contributed by atoms with Gasteiger partial charge < -0.3 is 15.0 Å². The molecule has 0 aromatic heterocycles. The van der Waals surface area contributed by atoms with Crippen LogP contribution in [-0.2, 0) is 24.3 Å². The van der Waals surface area contributed by atoms with Crippen LogP contribution in [0.25, 0.3) is 0 Å². The molecule has 0 spiro atoms. The van der Waals surface area contributed by atoms with Crippen molar-refractivity contribution in [3.05, 3.63) is 18.2 Å². The van der Waals surface area contributed by atoms with Gasteiger partial charge in [-0.3, -0.25) is 9.59 Å². The second-order valence-electron chi connectivity index (χ2n) is 8.01. The van der Waals surface area contributed by atoms with E-state index in [0.717, 1.165) is 25.7 Å². The molecular weight excluding hydrogens is 394 g/mol. The number of amides is 1. The number of ether oxygens (including phenoxy) is 1. The Morgan fingerprint density at radius 2 is 1.86 bits per heavy atom. The van der Waals surface area contributed by atoms with E-state index in [2.05, 4.69) is 5.32 Å². The topological polar surface area (TPSA) is 96.0 Å². The van der Waals surface area contributed by atoms with Gasteiger partial charge >= 0.3 is 5.97 Å². The SMILES string of the molecule is C[C@H]1C[C@H]1C(=O)OCC(=O)Nc1cc(S(=O)(=O)N2CCCCC2)ccc1N(C)C. The third-order valence-corrected chi connectivity index (χ3v) is 7.33. The lowest BCUT2D eigenvalue weighted by molar-refractivity contribution is -0.148. The summed E-state index contributed by atoms with van der Waals surface area (Å²) in [6, 6.07) is 4.70. The Bertz CT molecular complexity index is 878. The van der Waals surface area contributed by atoms with Crippen LogP contribution in [0.5, 0.6) is 0 Å². The van der Waals surface area contributed by atoms with Crippen LogP contribution in [0.1, 0.15) is 32.6 Å². The fourth-order valence-corrected chi connectivity index (χ4v) is 5.04. The summed E-state index contributed by atoms with van der Waals surface area (Å²) in [6.45, 7) is 2.59. The maximum absolute atomic E-state index is 13.0. The molecule has 0 radical (unpaired) electrons. The summed E-state index contributed by atoms with van der Waals surface area (Å²) in [7, 11) is -0.0117. The minimum Gasteiger partial charge on any atom is -0.455 e. The lowest BCUT2D eigenvalue weighted by Crippen LogP contribution is -2.35. The molecule has 2 atom stereocenters. The summed E-state index contributed by atoms with van der Waals surface area (Å²) in [5, 5.41) is 2.69. The minimum absolute atomic E-state index is 0.113. The molecule has 1 aliphatic heterocycles. The molecule has 1 amide bonds. The van der Waals surface area contributed by atoms with Crippen molar-refractivity contribution in [2.45, 2.75) is 37.5 Å². The highest BCUT2D eigenvalue weighted by Gasteiger charge is 2.40. The molecule has 29 heavy (non-hydrogen) atoms. The number of carbonyl (C=O) groups is 2.